The first-order chi connectivity index (χ1) is 14.0. The van der Waals surface area contributed by atoms with Gasteiger partial charge in [-0.2, -0.15) is 0 Å². The maximum atomic E-state index is 13.0. The van der Waals surface area contributed by atoms with E-state index in [-0.39, 0.29) is 11.8 Å². The monoisotopic (exact) mass is 393 g/mol. The summed E-state index contributed by atoms with van der Waals surface area (Å²) in [6.07, 6.45) is 0.759. The van der Waals surface area contributed by atoms with E-state index in [1.54, 1.807) is 13.8 Å². The molecule has 0 aliphatic carbocycles. The molecular weight excluding hydrogens is 362 g/mol. The van der Waals surface area contributed by atoms with Crippen molar-refractivity contribution in [1.29, 1.82) is 0 Å². The molecule has 1 saturated heterocycles. The third-order valence-electron chi connectivity index (χ3n) is 5.55. The van der Waals surface area contributed by atoms with Crippen LogP contribution in [0.5, 0.6) is 0 Å². The lowest BCUT2D eigenvalue weighted by Gasteiger charge is -2.38. The topological polar surface area (TPSA) is 52.7 Å². The van der Waals surface area contributed by atoms with E-state index in [1.165, 1.54) is 11.1 Å². The minimum Gasteiger partial charge on any atom is -0.355 e. The number of hydrogen-bond acceptors (Lipinski definition) is 3. The van der Waals surface area contributed by atoms with Gasteiger partial charge in [0, 0.05) is 39.3 Å². The number of amides is 2. The Morgan fingerprint density at radius 1 is 0.862 bits per heavy atom. The molecule has 1 aliphatic rings. The summed E-state index contributed by atoms with van der Waals surface area (Å²) in [5.74, 6) is -0.292. The fourth-order valence-electron chi connectivity index (χ4n) is 3.63. The Morgan fingerprint density at radius 3 is 2.00 bits per heavy atom. The van der Waals surface area contributed by atoms with Gasteiger partial charge in [0.05, 0.1) is 0 Å². The van der Waals surface area contributed by atoms with E-state index >= 15 is 0 Å². The normalized spacial score (nSPS) is 15.2. The summed E-state index contributed by atoms with van der Waals surface area (Å²) in [4.78, 5) is 29.9. The van der Waals surface area contributed by atoms with E-state index in [0.717, 1.165) is 26.1 Å². The largest absolute Gasteiger partial charge is 0.355 e. The summed E-state index contributed by atoms with van der Waals surface area (Å²) in [6.45, 7) is 7.85. The van der Waals surface area contributed by atoms with Gasteiger partial charge >= 0.3 is 0 Å². The maximum absolute atomic E-state index is 13.0. The van der Waals surface area contributed by atoms with E-state index in [4.69, 9.17) is 0 Å². The summed E-state index contributed by atoms with van der Waals surface area (Å²) in [5.41, 5.74) is 1.40. The molecule has 2 amide bonds. The van der Waals surface area contributed by atoms with Crippen LogP contribution >= 0.6 is 0 Å². The van der Waals surface area contributed by atoms with E-state index in [2.05, 4.69) is 22.3 Å². The average Bonchev–Trinajstić information content (AvgIpc) is 2.75. The SMILES string of the molecule is CC(C)(C(=O)NCCc1ccccc1)C(=O)N1CCN(Cc2ccccc2)CC1. The molecule has 1 aliphatic heterocycles. The fraction of sp³-hybridized carbons (Fsp3) is 0.417. The van der Waals surface area contributed by atoms with Crippen LogP contribution in [0.15, 0.2) is 60.7 Å². The van der Waals surface area contributed by atoms with Crippen molar-refractivity contribution in [3.05, 3.63) is 71.8 Å². The lowest BCUT2D eigenvalue weighted by atomic mass is 9.90. The quantitative estimate of drug-likeness (QED) is 0.736. The maximum Gasteiger partial charge on any atom is 0.237 e. The highest BCUT2D eigenvalue weighted by molar-refractivity contribution is 6.04. The Labute approximate surface area is 173 Å². The van der Waals surface area contributed by atoms with Crippen molar-refractivity contribution in [3.63, 3.8) is 0 Å². The van der Waals surface area contributed by atoms with Gasteiger partial charge in [-0.3, -0.25) is 14.5 Å². The van der Waals surface area contributed by atoms with Crippen molar-refractivity contribution < 1.29 is 9.59 Å². The van der Waals surface area contributed by atoms with Crippen LogP contribution in [0.25, 0.3) is 0 Å². The van der Waals surface area contributed by atoms with Crippen LogP contribution in [0.2, 0.25) is 0 Å². The van der Waals surface area contributed by atoms with Gasteiger partial charge in [0.25, 0.3) is 0 Å². The fourth-order valence-corrected chi connectivity index (χ4v) is 3.63. The molecule has 2 aromatic carbocycles. The van der Waals surface area contributed by atoms with E-state index in [9.17, 15) is 9.59 Å². The molecule has 5 heteroatoms. The van der Waals surface area contributed by atoms with Gasteiger partial charge in [0.15, 0.2) is 0 Å². The molecule has 0 unspecified atom stereocenters. The molecule has 1 heterocycles. The van der Waals surface area contributed by atoms with Crippen molar-refractivity contribution in [2.45, 2.75) is 26.8 Å². The lowest BCUT2D eigenvalue weighted by molar-refractivity contribution is -0.149. The molecule has 2 aromatic rings. The van der Waals surface area contributed by atoms with Crippen LogP contribution in [-0.2, 0) is 22.6 Å². The molecule has 0 atom stereocenters. The van der Waals surface area contributed by atoms with Crippen LogP contribution in [0.3, 0.4) is 0 Å². The number of benzene rings is 2. The Hall–Kier alpha value is -2.66. The van der Waals surface area contributed by atoms with Crippen molar-refractivity contribution in [1.82, 2.24) is 15.1 Å². The standard InChI is InChI=1S/C24H31N3O2/c1-24(2,22(28)25-14-13-20-9-5-3-6-10-20)23(29)27-17-15-26(16-18-27)19-21-11-7-4-8-12-21/h3-12H,13-19H2,1-2H3,(H,25,28). The number of rotatable bonds is 7. The summed E-state index contributed by atoms with van der Waals surface area (Å²) in [5, 5.41) is 2.94. The molecule has 1 fully saturated rings. The number of hydrogen-bond donors (Lipinski definition) is 1. The van der Waals surface area contributed by atoms with Gasteiger partial charge in [-0.25, -0.2) is 0 Å². The van der Waals surface area contributed by atoms with Crippen LogP contribution < -0.4 is 5.32 Å². The Kier molecular flexibility index (Phi) is 7.04. The van der Waals surface area contributed by atoms with E-state index in [1.807, 2.05) is 53.4 Å². The second-order valence-electron chi connectivity index (χ2n) is 8.17. The van der Waals surface area contributed by atoms with Crippen molar-refractivity contribution in [3.8, 4) is 0 Å². The Balaban J connectivity index is 1.46. The second-order valence-corrected chi connectivity index (χ2v) is 8.17. The first kappa shape index (κ1) is 21.1. The molecular formula is C24H31N3O2. The summed E-state index contributed by atoms with van der Waals surface area (Å²) in [7, 11) is 0. The minimum atomic E-state index is -1.06. The molecule has 0 saturated carbocycles. The van der Waals surface area contributed by atoms with Crippen LogP contribution in [0, 0.1) is 5.41 Å². The molecule has 0 bridgehead atoms. The molecule has 3 rings (SSSR count). The first-order valence-electron chi connectivity index (χ1n) is 10.3. The molecule has 0 spiro atoms. The predicted molar refractivity (Wildman–Crippen MR) is 115 cm³/mol. The number of nitrogens with one attached hydrogen (secondary N) is 1. The van der Waals surface area contributed by atoms with E-state index in [0.29, 0.717) is 19.6 Å². The predicted octanol–water partition coefficient (Wildman–Crippen LogP) is 2.72. The van der Waals surface area contributed by atoms with Gasteiger partial charge in [-0.1, -0.05) is 60.7 Å². The minimum absolute atomic E-state index is 0.0888. The highest BCUT2D eigenvalue weighted by Gasteiger charge is 2.39. The van der Waals surface area contributed by atoms with Gasteiger partial charge in [-0.05, 0) is 31.4 Å². The highest BCUT2D eigenvalue weighted by Crippen LogP contribution is 2.21. The highest BCUT2D eigenvalue weighted by atomic mass is 16.2. The number of carbonyl (C=O) groups is 2. The third kappa shape index (κ3) is 5.67. The number of nitrogens with zero attached hydrogens (tertiary/aromatic N) is 2. The second kappa shape index (κ2) is 9.70. The number of carbonyl (C=O) groups excluding carboxylic acids is 2. The van der Waals surface area contributed by atoms with Gasteiger partial charge < -0.3 is 10.2 Å². The zero-order valence-corrected chi connectivity index (χ0v) is 17.4. The smallest absolute Gasteiger partial charge is 0.237 e. The average molecular weight is 394 g/mol. The summed E-state index contributed by atoms with van der Waals surface area (Å²) in [6, 6.07) is 20.4. The van der Waals surface area contributed by atoms with Crippen LogP contribution in [0.4, 0.5) is 0 Å². The molecule has 0 radical (unpaired) electrons. The lowest BCUT2D eigenvalue weighted by Crippen LogP contribution is -2.55. The van der Waals surface area contributed by atoms with Crippen molar-refractivity contribution in [2.24, 2.45) is 5.41 Å². The van der Waals surface area contributed by atoms with Gasteiger partial charge in [-0.15, -0.1) is 0 Å². The molecule has 0 aromatic heterocycles. The Bertz CT molecular complexity index is 797. The summed E-state index contributed by atoms with van der Waals surface area (Å²) < 4.78 is 0. The third-order valence-corrected chi connectivity index (χ3v) is 5.55. The molecule has 1 N–H and O–H groups in total. The molecule has 154 valence electrons. The molecule has 29 heavy (non-hydrogen) atoms. The van der Waals surface area contributed by atoms with Crippen LogP contribution in [-0.4, -0.2) is 54.3 Å². The van der Waals surface area contributed by atoms with Gasteiger partial charge in [0.1, 0.15) is 5.41 Å². The van der Waals surface area contributed by atoms with E-state index < -0.39 is 5.41 Å². The zero-order valence-electron chi connectivity index (χ0n) is 17.4. The molecule has 5 nitrogen and oxygen atoms in total. The Morgan fingerprint density at radius 2 is 1.41 bits per heavy atom. The zero-order chi connectivity index (χ0) is 20.7. The number of piperazine rings is 1. The van der Waals surface area contributed by atoms with Crippen molar-refractivity contribution >= 4 is 11.8 Å². The van der Waals surface area contributed by atoms with Crippen LogP contribution in [0.1, 0.15) is 25.0 Å². The first-order valence-corrected chi connectivity index (χ1v) is 10.3. The summed E-state index contributed by atoms with van der Waals surface area (Å²) >= 11 is 0. The van der Waals surface area contributed by atoms with Gasteiger partial charge in [0.2, 0.25) is 11.8 Å². The van der Waals surface area contributed by atoms with Crippen molar-refractivity contribution in [2.75, 3.05) is 32.7 Å².